The molecule has 0 aliphatic heterocycles. The zero-order valence-electron chi connectivity index (χ0n) is 9.43. The van der Waals surface area contributed by atoms with Crippen LogP contribution in [0.4, 0.5) is 0 Å². The van der Waals surface area contributed by atoms with Gasteiger partial charge in [-0.05, 0) is 24.3 Å². The smallest absolute Gasteiger partial charge is 0.154 e. The molecular formula is C12H15ClN2S2. The quantitative estimate of drug-likeness (QED) is 0.285. The molecule has 0 aliphatic rings. The highest BCUT2D eigenvalue weighted by atomic mass is 35.5. The molecule has 0 radical (unpaired) electrons. The Labute approximate surface area is 116 Å². The Morgan fingerprint density at radius 1 is 1.35 bits per heavy atom. The molecule has 5 heteroatoms. The summed E-state index contributed by atoms with van der Waals surface area (Å²) in [6.07, 6.45) is 1.73. The fourth-order valence-corrected chi connectivity index (χ4v) is 2.77. The van der Waals surface area contributed by atoms with Crippen LogP contribution in [0.3, 0.4) is 0 Å². The van der Waals surface area contributed by atoms with E-state index in [4.69, 9.17) is 17.3 Å². The van der Waals surface area contributed by atoms with Gasteiger partial charge < -0.3 is 5.73 Å². The summed E-state index contributed by atoms with van der Waals surface area (Å²) in [5, 5.41) is 1.39. The monoisotopic (exact) mass is 286 g/mol. The molecule has 0 heterocycles. The predicted molar refractivity (Wildman–Crippen MR) is 81.3 cm³/mol. The van der Waals surface area contributed by atoms with Crippen LogP contribution in [0.1, 0.15) is 0 Å². The van der Waals surface area contributed by atoms with E-state index < -0.39 is 0 Å². The molecule has 2 N–H and O–H groups in total. The van der Waals surface area contributed by atoms with E-state index in [0.717, 1.165) is 16.5 Å². The second kappa shape index (κ2) is 8.50. The number of nitrogens with two attached hydrogens (primary N) is 1. The van der Waals surface area contributed by atoms with Gasteiger partial charge in [0.05, 0.1) is 6.54 Å². The molecule has 1 rings (SSSR count). The Balaban J connectivity index is 2.20. The second-order valence-electron chi connectivity index (χ2n) is 3.12. The predicted octanol–water partition coefficient (Wildman–Crippen LogP) is 3.67. The van der Waals surface area contributed by atoms with Crippen molar-refractivity contribution < 1.29 is 0 Å². The van der Waals surface area contributed by atoms with Crippen molar-refractivity contribution in [3.05, 3.63) is 41.9 Å². The molecule has 0 fully saturated rings. The van der Waals surface area contributed by atoms with Crippen LogP contribution in [0.5, 0.6) is 0 Å². The van der Waals surface area contributed by atoms with E-state index in [1.807, 2.05) is 24.3 Å². The molecule has 0 saturated heterocycles. The third-order valence-electron chi connectivity index (χ3n) is 1.79. The normalized spacial score (nSPS) is 11.5. The largest absolute Gasteiger partial charge is 0.379 e. The van der Waals surface area contributed by atoms with Crippen molar-refractivity contribution in [2.24, 2.45) is 10.7 Å². The van der Waals surface area contributed by atoms with Crippen molar-refractivity contribution in [3.63, 3.8) is 0 Å². The first-order valence-corrected chi connectivity index (χ1v) is 7.49. The summed E-state index contributed by atoms with van der Waals surface area (Å²) in [5.41, 5.74) is 5.70. The number of halogens is 1. The maximum absolute atomic E-state index is 5.81. The summed E-state index contributed by atoms with van der Waals surface area (Å²) in [6.45, 7) is 4.18. The molecule has 0 amide bonds. The molecule has 1 aromatic rings. The maximum atomic E-state index is 5.81. The molecule has 0 aliphatic carbocycles. The van der Waals surface area contributed by atoms with Gasteiger partial charge >= 0.3 is 0 Å². The van der Waals surface area contributed by atoms with E-state index in [-0.39, 0.29) is 0 Å². The number of nitrogens with zero attached hydrogens (tertiary/aromatic N) is 1. The van der Waals surface area contributed by atoms with Crippen LogP contribution >= 0.6 is 35.1 Å². The summed E-state index contributed by atoms with van der Waals surface area (Å²) in [4.78, 5) is 5.33. The average molecular weight is 287 g/mol. The summed E-state index contributed by atoms with van der Waals surface area (Å²) in [5.74, 6) is 1.94. The molecule has 0 spiro atoms. The van der Waals surface area contributed by atoms with Gasteiger partial charge in [-0.1, -0.05) is 29.4 Å². The highest BCUT2D eigenvalue weighted by molar-refractivity contribution is 8.14. The molecule has 0 atom stereocenters. The van der Waals surface area contributed by atoms with Crippen molar-refractivity contribution in [1.29, 1.82) is 0 Å². The number of amidine groups is 1. The van der Waals surface area contributed by atoms with Gasteiger partial charge in [0.2, 0.25) is 0 Å². The van der Waals surface area contributed by atoms with Crippen LogP contribution < -0.4 is 5.73 Å². The summed E-state index contributed by atoms with van der Waals surface area (Å²) >= 11 is 9.17. The number of thioether (sulfide) groups is 2. The van der Waals surface area contributed by atoms with E-state index in [9.17, 15) is 0 Å². The first-order chi connectivity index (χ1) is 8.22. The Morgan fingerprint density at radius 2 is 2.06 bits per heavy atom. The minimum Gasteiger partial charge on any atom is -0.379 e. The van der Waals surface area contributed by atoms with Gasteiger partial charge in [0.1, 0.15) is 0 Å². The molecule has 0 saturated carbocycles. The van der Waals surface area contributed by atoms with Gasteiger partial charge in [-0.15, -0.1) is 18.3 Å². The Bertz CT molecular complexity index is 377. The number of hydrogen-bond donors (Lipinski definition) is 1. The van der Waals surface area contributed by atoms with Crippen molar-refractivity contribution in [2.75, 3.05) is 18.1 Å². The lowest BCUT2D eigenvalue weighted by Gasteiger charge is -2.02. The third kappa shape index (κ3) is 6.66. The van der Waals surface area contributed by atoms with Crippen LogP contribution in [0.25, 0.3) is 0 Å². The molecule has 17 heavy (non-hydrogen) atoms. The molecule has 2 nitrogen and oxygen atoms in total. The van der Waals surface area contributed by atoms with Crippen molar-refractivity contribution in [1.82, 2.24) is 0 Å². The van der Waals surface area contributed by atoms with E-state index in [1.54, 1.807) is 29.6 Å². The van der Waals surface area contributed by atoms with Gasteiger partial charge in [-0.2, -0.15) is 0 Å². The van der Waals surface area contributed by atoms with E-state index in [0.29, 0.717) is 11.7 Å². The lowest BCUT2D eigenvalue weighted by molar-refractivity contribution is 1.25. The Kier molecular flexibility index (Phi) is 7.24. The van der Waals surface area contributed by atoms with E-state index in [2.05, 4.69) is 11.6 Å². The van der Waals surface area contributed by atoms with Gasteiger partial charge in [0, 0.05) is 21.4 Å². The van der Waals surface area contributed by atoms with Crippen LogP contribution in [0.2, 0.25) is 5.02 Å². The maximum Gasteiger partial charge on any atom is 0.154 e. The van der Waals surface area contributed by atoms with Crippen molar-refractivity contribution >= 4 is 40.3 Å². The van der Waals surface area contributed by atoms with Crippen molar-refractivity contribution in [2.45, 2.75) is 4.90 Å². The zero-order valence-corrected chi connectivity index (χ0v) is 11.8. The highest BCUT2D eigenvalue weighted by Crippen LogP contribution is 2.21. The van der Waals surface area contributed by atoms with Crippen LogP contribution in [-0.2, 0) is 0 Å². The van der Waals surface area contributed by atoms with Crippen LogP contribution in [-0.4, -0.2) is 23.2 Å². The SMILES string of the molecule is C=CCN=C(N)SCCSc1ccc(Cl)cc1. The van der Waals surface area contributed by atoms with Gasteiger partial charge in [0.25, 0.3) is 0 Å². The zero-order chi connectivity index (χ0) is 12.5. The molecule has 0 unspecified atom stereocenters. The number of aliphatic imine (C=N–C) groups is 1. The first-order valence-electron chi connectivity index (χ1n) is 5.14. The van der Waals surface area contributed by atoms with E-state index >= 15 is 0 Å². The first kappa shape index (κ1) is 14.5. The van der Waals surface area contributed by atoms with Crippen LogP contribution in [0.15, 0.2) is 46.8 Å². The molecule has 92 valence electrons. The summed E-state index contributed by atoms with van der Waals surface area (Å²) in [7, 11) is 0. The summed E-state index contributed by atoms with van der Waals surface area (Å²) < 4.78 is 0. The fourth-order valence-electron chi connectivity index (χ4n) is 1.04. The molecule has 1 aromatic carbocycles. The minimum absolute atomic E-state index is 0.586. The number of hydrogen-bond acceptors (Lipinski definition) is 3. The van der Waals surface area contributed by atoms with Gasteiger partial charge in [0.15, 0.2) is 5.17 Å². The topological polar surface area (TPSA) is 38.4 Å². The molecule has 0 aromatic heterocycles. The van der Waals surface area contributed by atoms with Crippen molar-refractivity contribution in [3.8, 4) is 0 Å². The molecular weight excluding hydrogens is 272 g/mol. The lowest BCUT2D eigenvalue weighted by Crippen LogP contribution is -2.08. The average Bonchev–Trinajstić information content (AvgIpc) is 2.34. The van der Waals surface area contributed by atoms with E-state index in [1.165, 1.54) is 4.90 Å². The molecule has 0 bridgehead atoms. The lowest BCUT2D eigenvalue weighted by atomic mass is 10.4. The third-order valence-corrected chi connectivity index (χ3v) is 4.15. The van der Waals surface area contributed by atoms with Gasteiger partial charge in [-0.25, -0.2) is 0 Å². The highest BCUT2D eigenvalue weighted by Gasteiger charge is 1.96. The fraction of sp³-hybridized carbons (Fsp3) is 0.250. The standard InChI is InChI=1S/C12H15ClN2S2/c1-2-7-15-12(14)17-9-8-16-11-5-3-10(13)4-6-11/h2-6H,1,7-9H2,(H2,14,15). The van der Waals surface area contributed by atoms with Crippen LogP contribution in [0, 0.1) is 0 Å². The minimum atomic E-state index is 0.586. The summed E-state index contributed by atoms with van der Waals surface area (Å²) in [6, 6.07) is 7.84. The Morgan fingerprint density at radius 3 is 2.71 bits per heavy atom. The second-order valence-corrected chi connectivity index (χ2v) is 5.84. The number of rotatable bonds is 6. The van der Waals surface area contributed by atoms with Gasteiger partial charge in [-0.3, -0.25) is 4.99 Å². The Hall–Kier alpha value is -0.580. The number of benzene rings is 1.